The van der Waals surface area contributed by atoms with E-state index in [1.807, 2.05) is 36.0 Å². The Morgan fingerprint density at radius 1 is 1.11 bits per heavy atom. The summed E-state index contributed by atoms with van der Waals surface area (Å²) in [5.74, 6) is 2.39. The molecule has 2 aliphatic heterocycles. The van der Waals surface area contributed by atoms with Crippen LogP contribution in [0.3, 0.4) is 0 Å². The van der Waals surface area contributed by atoms with E-state index in [-0.39, 0.29) is 24.3 Å². The quantitative estimate of drug-likeness (QED) is 0.0993. The number of ether oxygens (including phenoxy) is 1. The predicted octanol–water partition coefficient (Wildman–Crippen LogP) is 2.85. The highest BCUT2D eigenvalue weighted by Crippen LogP contribution is 2.33. The van der Waals surface area contributed by atoms with Gasteiger partial charge in [-0.25, -0.2) is 4.79 Å². The molecule has 4 atom stereocenters. The van der Waals surface area contributed by atoms with Gasteiger partial charge in [-0.3, -0.25) is 4.79 Å². The smallest absolute Gasteiger partial charge is 0.315 e. The summed E-state index contributed by atoms with van der Waals surface area (Å²) >= 11 is 6.22. The molecule has 6 N–H and O–H groups in total. The number of unbranched alkanes of at least 4 members (excludes halogenated alkanes) is 3. The Hall–Kier alpha value is -1.33. The second kappa shape index (κ2) is 17.2. The molecular weight excluding hydrogens is 518 g/mol. The number of amides is 3. The molecule has 0 aliphatic carbocycles. The van der Waals surface area contributed by atoms with Crippen molar-refractivity contribution in [2.24, 2.45) is 5.73 Å². The van der Waals surface area contributed by atoms with Gasteiger partial charge in [-0.15, -0.1) is 12.4 Å². The molecule has 2 saturated heterocycles. The van der Waals surface area contributed by atoms with Crippen molar-refractivity contribution >= 4 is 48.7 Å². The van der Waals surface area contributed by atoms with Gasteiger partial charge in [-0.1, -0.05) is 31.4 Å². The zero-order valence-electron chi connectivity index (χ0n) is 20.9. The molecule has 1 aromatic rings. The summed E-state index contributed by atoms with van der Waals surface area (Å²) in [4.78, 5) is 23.6. The van der Waals surface area contributed by atoms with Gasteiger partial charge in [0.2, 0.25) is 5.91 Å². The van der Waals surface area contributed by atoms with Crippen LogP contribution in [0.25, 0.3) is 0 Å². The van der Waals surface area contributed by atoms with E-state index >= 15 is 0 Å². The number of hydrogen-bond acceptors (Lipinski definition) is 7. The summed E-state index contributed by atoms with van der Waals surface area (Å²) in [5.41, 5.74) is 7.16. The summed E-state index contributed by atoms with van der Waals surface area (Å²) in [6, 6.07) is 7.93. The molecule has 0 radical (unpaired) electrons. The van der Waals surface area contributed by atoms with Crippen molar-refractivity contribution in [2.45, 2.75) is 74.1 Å². The van der Waals surface area contributed by atoms with Crippen molar-refractivity contribution in [3.63, 3.8) is 0 Å². The third-order valence-electron chi connectivity index (χ3n) is 6.51. The number of urea groups is 1. The van der Waals surface area contributed by atoms with Crippen LogP contribution in [-0.4, -0.2) is 67.3 Å². The Morgan fingerprint density at radius 3 is 2.61 bits per heavy atom. The molecule has 0 unspecified atom stereocenters. The van der Waals surface area contributed by atoms with Crippen LogP contribution >= 0.6 is 36.8 Å². The monoisotopic (exact) mass is 559 g/mol. The predicted molar refractivity (Wildman–Crippen MR) is 154 cm³/mol. The van der Waals surface area contributed by atoms with Crippen molar-refractivity contribution in [2.75, 3.05) is 32.0 Å². The number of thiol groups is 1. The van der Waals surface area contributed by atoms with Crippen LogP contribution in [-0.2, 0) is 10.5 Å². The lowest BCUT2D eigenvalue weighted by Gasteiger charge is -2.16. The van der Waals surface area contributed by atoms with Crippen LogP contribution in [0.1, 0.15) is 50.5 Å². The largest absolute Gasteiger partial charge is 0.492 e. The fraction of sp³-hybridized carbons (Fsp3) is 0.680. The number of hydrogen-bond donors (Lipinski definition) is 6. The third kappa shape index (κ3) is 10.6. The minimum Gasteiger partial charge on any atom is -0.492 e. The summed E-state index contributed by atoms with van der Waals surface area (Å²) < 4.78 is 5.63. The first-order valence-corrected chi connectivity index (χ1v) is 14.5. The van der Waals surface area contributed by atoms with Crippen molar-refractivity contribution < 1.29 is 14.3 Å². The van der Waals surface area contributed by atoms with E-state index in [1.165, 1.54) is 25.7 Å². The normalized spacial score (nSPS) is 21.2. The molecular formula is C25H42ClN5O3S2. The summed E-state index contributed by atoms with van der Waals surface area (Å²) in [6.45, 7) is 2.83. The molecule has 2 aliphatic rings. The second-order valence-corrected chi connectivity index (χ2v) is 10.9. The van der Waals surface area contributed by atoms with Crippen molar-refractivity contribution in [3.05, 3.63) is 29.8 Å². The van der Waals surface area contributed by atoms with Crippen molar-refractivity contribution in [1.82, 2.24) is 21.3 Å². The Labute approximate surface area is 231 Å². The lowest BCUT2D eigenvalue weighted by Crippen LogP contribution is -2.42. The fourth-order valence-electron chi connectivity index (χ4n) is 4.45. The van der Waals surface area contributed by atoms with Gasteiger partial charge in [0.15, 0.2) is 0 Å². The molecule has 0 spiro atoms. The first kappa shape index (κ1) is 30.9. The zero-order valence-corrected chi connectivity index (χ0v) is 23.4. The van der Waals surface area contributed by atoms with Crippen LogP contribution in [0.5, 0.6) is 5.75 Å². The van der Waals surface area contributed by atoms with E-state index < -0.39 is 6.04 Å². The average Bonchev–Trinajstić information content (AvgIpc) is 3.42. The average molecular weight is 560 g/mol. The molecule has 204 valence electrons. The van der Waals surface area contributed by atoms with Gasteiger partial charge in [-0.2, -0.15) is 24.4 Å². The highest BCUT2D eigenvalue weighted by atomic mass is 35.5. The van der Waals surface area contributed by atoms with Gasteiger partial charge in [0, 0.05) is 16.8 Å². The highest BCUT2D eigenvalue weighted by molar-refractivity contribution is 8.00. The Bertz CT molecular complexity index is 789. The van der Waals surface area contributed by atoms with Gasteiger partial charge in [-0.05, 0) is 56.5 Å². The first-order valence-electron chi connectivity index (χ1n) is 12.8. The van der Waals surface area contributed by atoms with Crippen molar-refractivity contribution in [1.29, 1.82) is 0 Å². The number of nitrogens with two attached hydrogens (primary N) is 1. The first-order chi connectivity index (χ1) is 17.1. The Kier molecular flexibility index (Phi) is 14.8. The van der Waals surface area contributed by atoms with E-state index in [0.29, 0.717) is 42.7 Å². The maximum Gasteiger partial charge on any atom is 0.315 e. The van der Waals surface area contributed by atoms with Gasteiger partial charge in [0.25, 0.3) is 0 Å². The van der Waals surface area contributed by atoms with Gasteiger partial charge in [0.05, 0.1) is 24.7 Å². The highest BCUT2D eigenvalue weighted by Gasteiger charge is 2.42. The van der Waals surface area contributed by atoms with E-state index in [4.69, 9.17) is 10.5 Å². The summed E-state index contributed by atoms with van der Waals surface area (Å²) in [7, 11) is 0. The van der Waals surface area contributed by atoms with Gasteiger partial charge in [0.1, 0.15) is 12.4 Å². The SMILES string of the molecule is Cl.N[C@H](CCCCNCCCCC[C@@H]1SC[C@@H]2NC(=O)N[C@@H]21)C(=O)NCCOc1ccc(CS)cc1. The molecule has 0 aromatic heterocycles. The van der Waals surface area contributed by atoms with E-state index in [1.54, 1.807) is 0 Å². The molecule has 8 nitrogen and oxygen atoms in total. The lowest BCUT2D eigenvalue weighted by molar-refractivity contribution is -0.122. The van der Waals surface area contributed by atoms with Crippen LogP contribution < -0.4 is 31.7 Å². The maximum absolute atomic E-state index is 12.1. The van der Waals surface area contributed by atoms with Gasteiger partial charge >= 0.3 is 6.03 Å². The number of carbonyl (C=O) groups excluding carboxylic acids is 2. The zero-order chi connectivity index (χ0) is 24.9. The molecule has 1 aromatic carbocycles. The molecule has 0 saturated carbocycles. The standard InChI is InChI=1S/C25H41N5O3S2.ClH/c26-20(24(31)28-14-15-33-19-10-8-18(16-34)9-11-19)6-3-5-13-27-12-4-1-2-7-22-23-21(17-35-22)29-25(32)30-23;/h8-11,20-23,27,34H,1-7,12-17,26H2,(H,28,31)(H2,29,30,32);1H/t20-,21+,22+,23+;/m1./s1. The molecule has 2 heterocycles. The minimum atomic E-state index is -0.474. The number of thioether (sulfide) groups is 1. The molecule has 3 amide bonds. The van der Waals surface area contributed by atoms with Crippen LogP contribution in [0, 0.1) is 0 Å². The summed E-state index contributed by atoms with van der Waals surface area (Å²) in [6.07, 6.45) is 7.38. The van der Waals surface area contributed by atoms with Crippen LogP contribution in [0.4, 0.5) is 4.79 Å². The fourth-order valence-corrected chi connectivity index (χ4v) is 6.21. The van der Waals surface area contributed by atoms with E-state index in [2.05, 4.69) is 33.9 Å². The number of fused-ring (bicyclic) bond motifs is 1. The maximum atomic E-state index is 12.1. The lowest BCUT2D eigenvalue weighted by atomic mass is 10.0. The molecule has 2 fully saturated rings. The molecule has 3 rings (SSSR count). The minimum absolute atomic E-state index is 0. The second-order valence-electron chi connectivity index (χ2n) is 9.27. The number of carbonyl (C=O) groups is 2. The van der Waals surface area contributed by atoms with E-state index in [0.717, 1.165) is 43.0 Å². The Balaban J connectivity index is 0.00000456. The van der Waals surface area contributed by atoms with Crippen LogP contribution in [0.15, 0.2) is 24.3 Å². The van der Waals surface area contributed by atoms with Crippen LogP contribution in [0.2, 0.25) is 0 Å². The van der Waals surface area contributed by atoms with Crippen molar-refractivity contribution in [3.8, 4) is 5.75 Å². The topological polar surface area (TPSA) is 118 Å². The molecule has 11 heteroatoms. The molecule has 36 heavy (non-hydrogen) atoms. The summed E-state index contributed by atoms with van der Waals surface area (Å²) in [5, 5.41) is 12.9. The number of rotatable bonds is 17. The van der Waals surface area contributed by atoms with Gasteiger partial charge < -0.3 is 31.7 Å². The Morgan fingerprint density at radius 2 is 1.86 bits per heavy atom. The van der Waals surface area contributed by atoms with E-state index in [9.17, 15) is 9.59 Å². The molecule has 0 bridgehead atoms. The number of nitrogens with one attached hydrogen (secondary N) is 4. The number of halogens is 1. The number of benzene rings is 1. The third-order valence-corrected chi connectivity index (χ3v) is 8.39.